The molecule has 0 atom stereocenters. The summed E-state index contributed by atoms with van der Waals surface area (Å²) in [6.07, 6.45) is 1.52. The normalized spacial score (nSPS) is 15.4. The number of fused-ring (bicyclic) bond motifs is 2. The molecule has 0 fully saturated rings. The average molecular weight is 533 g/mol. The van der Waals surface area contributed by atoms with Crippen molar-refractivity contribution < 1.29 is 22.7 Å². The van der Waals surface area contributed by atoms with Crippen LogP contribution in [0, 0.1) is 0 Å². The van der Waals surface area contributed by atoms with E-state index in [4.69, 9.17) is 4.74 Å². The van der Waals surface area contributed by atoms with Gasteiger partial charge in [0.2, 0.25) is 0 Å². The average Bonchev–Trinajstić information content (AvgIpc) is 3.33. The SMILES string of the molecule is CCCN1C(C)=NS(=O)(=O)c2cc(C(=O)Nc3ccc4c(c3)N(C(=O)c3ccc(OC)cc3)CC4)ccc21. The molecule has 3 aromatic rings. The fourth-order valence-corrected chi connectivity index (χ4v) is 6.06. The molecular weight excluding hydrogens is 504 g/mol. The van der Waals surface area contributed by atoms with E-state index in [1.54, 1.807) is 67.5 Å². The number of rotatable bonds is 6. The Morgan fingerprint density at radius 1 is 1.00 bits per heavy atom. The minimum absolute atomic E-state index is 0.00872. The number of anilines is 3. The molecule has 5 rings (SSSR count). The van der Waals surface area contributed by atoms with Crippen molar-refractivity contribution in [2.75, 3.05) is 35.3 Å². The van der Waals surface area contributed by atoms with Gasteiger partial charge >= 0.3 is 0 Å². The molecule has 1 N–H and O–H groups in total. The Bertz CT molecular complexity index is 1560. The summed E-state index contributed by atoms with van der Waals surface area (Å²) in [5, 5.41) is 2.84. The molecule has 0 aromatic heterocycles. The van der Waals surface area contributed by atoms with Crippen molar-refractivity contribution in [2.24, 2.45) is 4.40 Å². The molecule has 38 heavy (non-hydrogen) atoms. The number of methoxy groups -OCH3 is 1. The van der Waals surface area contributed by atoms with Gasteiger partial charge in [0, 0.05) is 35.6 Å². The highest BCUT2D eigenvalue weighted by Crippen LogP contribution is 2.34. The summed E-state index contributed by atoms with van der Waals surface area (Å²) >= 11 is 0. The number of hydrogen-bond donors (Lipinski definition) is 1. The summed E-state index contributed by atoms with van der Waals surface area (Å²) < 4.78 is 34.6. The summed E-state index contributed by atoms with van der Waals surface area (Å²) in [5.74, 6) is 0.483. The third-order valence-electron chi connectivity index (χ3n) is 6.70. The van der Waals surface area contributed by atoms with Crippen LogP contribution in [0.15, 0.2) is 70.0 Å². The van der Waals surface area contributed by atoms with Crippen molar-refractivity contribution >= 4 is 44.7 Å². The molecule has 9 nitrogen and oxygen atoms in total. The fraction of sp³-hybridized carbons (Fsp3) is 0.250. The van der Waals surface area contributed by atoms with Crippen LogP contribution >= 0.6 is 0 Å². The maximum Gasteiger partial charge on any atom is 0.286 e. The molecular formula is C28H28N4O5S. The van der Waals surface area contributed by atoms with E-state index in [2.05, 4.69) is 9.71 Å². The number of nitrogens with one attached hydrogen (secondary N) is 1. The second kappa shape index (κ2) is 9.94. The number of sulfonamides is 1. The standard InChI is InChI=1S/C28H28N4O5S/c1-4-14-31-18(2)30-38(35,36)26-16-21(8-12-24(26)31)27(33)29-22-9-5-19-13-15-32(25(19)17-22)28(34)20-6-10-23(37-3)11-7-20/h5-12,16-17H,4,13-15H2,1-3H3,(H,29,33). The maximum absolute atomic E-state index is 13.2. The number of carbonyl (C=O) groups is 2. The lowest BCUT2D eigenvalue weighted by molar-refractivity contribution is 0.0988. The van der Waals surface area contributed by atoms with Crippen molar-refractivity contribution in [3.63, 3.8) is 0 Å². The van der Waals surface area contributed by atoms with Gasteiger partial charge in [-0.05, 0) is 79.9 Å². The van der Waals surface area contributed by atoms with Gasteiger partial charge in [-0.25, -0.2) is 0 Å². The highest BCUT2D eigenvalue weighted by molar-refractivity contribution is 7.90. The summed E-state index contributed by atoms with van der Waals surface area (Å²) in [7, 11) is -2.34. The van der Waals surface area contributed by atoms with Crippen molar-refractivity contribution in [3.05, 3.63) is 77.4 Å². The molecule has 0 aliphatic carbocycles. The minimum Gasteiger partial charge on any atom is -0.497 e. The number of amides is 2. The van der Waals surface area contributed by atoms with Gasteiger partial charge in [-0.2, -0.15) is 8.42 Å². The largest absolute Gasteiger partial charge is 0.497 e. The first kappa shape index (κ1) is 25.5. The van der Waals surface area contributed by atoms with Gasteiger partial charge in [-0.3, -0.25) is 9.59 Å². The van der Waals surface area contributed by atoms with Gasteiger partial charge < -0.3 is 19.9 Å². The molecule has 0 saturated heterocycles. The Morgan fingerprint density at radius 2 is 1.74 bits per heavy atom. The van der Waals surface area contributed by atoms with Gasteiger partial charge in [0.1, 0.15) is 16.5 Å². The molecule has 0 spiro atoms. The number of amidine groups is 1. The number of carbonyl (C=O) groups excluding carboxylic acids is 2. The summed E-state index contributed by atoms with van der Waals surface area (Å²) in [5.41, 5.74) is 3.50. The number of ether oxygens (including phenoxy) is 1. The van der Waals surface area contributed by atoms with Gasteiger partial charge in [0.15, 0.2) is 0 Å². The summed E-state index contributed by atoms with van der Waals surface area (Å²) in [4.78, 5) is 29.9. The first-order valence-electron chi connectivity index (χ1n) is 12.3. The van der Waals surface area contributed by atoms with Crippen molar-refractivity contribution in [1.29, 1.82) is 0 Å². The highest BCUT2D eigenvalue weighted by Gasteiger charge is 2.30. The molecule has 10 heteroatoms. The van der Waals surface area contributed by atoms with Crippen molar-refractivity contribution in [1.82, 2.24) is 0 Å². The van der Waals surface area contributed by atoms with E-state index in [-0.39, 0.29) is 16.4 Å². The van der Waals surface area contributed by atoms with E-state index in [9.17, 15) is 18.0 Å². The zero-order valence-corrected chi connectivity index (χ0v) is 22.2. The molecule has 3 aromatic carbocycles. The second-order valence-electron chi connectivity index (χ2n) is 9.18. The highest BCUT2D eigenvalue weighted by atomic mass is 32.2. The van der Waals surface area contributed by atoms with Crippen LogP contribution in [0.4, 0.5) is 17.1 Å². The summed E-state index contributed by atoms with van der Waals surface area (Å²) in [6, 6.07) is 17.0. The van der Waals surface area contributed by atoms with Gasteiger partial charge in [-0.15, -0.1) is 4.40 Å². The predicted molar refractivity (Wildman–Crippen MR) is 147 cm³/mol. The lowest BCUT2D eigenvalue weighted by Crippen LogP contribution is -2.34. The summed E-state index contributed by atoms with van der Waals surface area (Å²) in [6.45, 7) is 4.81. The molecule has 2 aliphatic rings. The third kappa shape index (κ3) is 4.63. The Morgan fingerprint density at radius 3 is 2.45 bits per heavy atom. The first-order chi connectivity index (χ1) is 18.2. The smallest absolute Gasteiger partial charge is 0.286 e. The molecule has 196 valence electrons. The Hall–Kier alpha value is -4.18. The molecule has 2 heterocycles. The van der Waals surface area contributed by atoms with E-state index < -0.39 is 15.9 Å². The van der Waals surface area contributed by atoms with Gasteiger partial charge in [0.25, 0.3) is 21.8 Å². The Labute approximate surface area is 221 Å². The van der Waals surface area contributed by atoms with Crippen LogP contribution in [0.25, 0.3) is 0 Å². The van der Waals surface area contributed by atoms with Crippen LogP contribution in [0.5, 0.6) is 5.75 Å². The van der Waals surface area contributed by atoms with Crippen molar-refractivity contribution in [2.45, 2.75) is 31.6 Å². The van der Waals surface area contributed by atoms with E-state index in [0.29, 0.717) is 48.0 Å². The fourth-order valence-electron chi connectivity index (χ4n) is 4.80. The zero-order chi connectivity index (χ0) is 27.0. The number of hydrogen-bond acceptors (Lipinski definition) is 6. The van der Waals surface area contributed by atoms with Gasteiger partial charge in [-0.1, -0.05) is 13.0 Å². The van der Waals surface area contributed by atoms with Crippen LogP contribution < -0.4 is 19.9 Å². The molecule has 0 radical (unpaired) electrons. The van der Waals surface area contributed by atoms with E-state index >= 15 is 0 Å². The van der Waals surface area contributed by atoms with E-state index in [1.807, 2.05) is 17.9 Å². The topological polar surface area (TPSA) is 108 Å². The monoisotopic (exact) mass is 532 g/mol. The van der Waals surface area contributed by atoms with Crippen LogP contribution in [0.1, 0.15) is 46.5 Å². The minimum atomic E-state index is -3.91. The number of nitrogens with zero attached hydrogens (tertiary/aromatic N) is 3. The third-order valence-corrected chi connectivity index (χ3v) is 8.09. The zero-order valence-electron chi connectivity index (χ0n) is 21.4. The van der Waals surface area contributed by atoms with E-state index in [0.717, 1.165) is 17.7 Å². The quantitative estimate of drug-likeness (QED) is 0.501. The molecule has 0 bridgehead atoms. The lowest BCUT2D eigenvalue weighted by Gasteiger charge is -2.29. The van der Waals surface area contributed by atoms with Crippen molar-refractivity contribution in [3.8, 4) is 5.75 Å². The Balaban J connectivity index is 1.39. The second-order valence-corrected chi connectivity index (χ2v) is 10.8. The Kier molecular flexibility index (Phi) is 6.66. The predicted octanol–water partition coefficient (Wildman–Crippen LogP) is 4.49. The maximum atomic E-state index is 13.2. The van der Waals surface area contributed by atoms with Crippen LogP contribution in [0.2, 0.25) is 0 Å². The van der Waals surface area contributed by atoms with Crippen LogP contribution in [0.3, 0.4) is 0 Å². The molecule has 0 saturated carbocycles. The van der Waals surface area contributed by atoms with Crippen LogP contribution in [-0.4, -0.2) is 46.3 Å². The molecule has 2 aliphatic heterocycles. The molecule has 2 amide bonds. The lowest BCUT2D eigenvalue weighted by atomic mass is 10.1. The van der Waals surface area contributed by atoms with Gasteiger partial charge in [0.05, 0.1) is 12.8 Å². The van der Waals surface area contributed by atoms with E-state index in [1.165, 1.54) is 6.07 Å². The molecule has 0 unspecified atom stereocenters. The van der Waals surface area contributed by atoms with Crippen LogP contribution in [-0.2, 0) is 16.4 Å². The first-order valence-corrected chi connectivity index (χ1v) is 13.8. The number of benzene rings is 3.